The molecule has 0 amide bonds. The van der Waals surface area contributed by atoms with Crippen LogP contribution >= 0.6 is 0 Å². The molecule has 2 nitrogen and oxygen atoms in total. The third kappa shape index (κ3) is 2.55. The smallest absolute Gasteiger partial charge is 0.154 e. The van der Waals surface area contributed by atoms with E-state index in [1.807, 2.05) is 36.4 Å². The van der Waals surface area contributed by atoms with Gasteiger partial charge < -0.3 is 4.74 Å². The molecule has 1 aliphatic carbocycles. The van der Waals surface area contributed by atoms with Crippen LogP contribution in [0.15, 0.2) is 36.4 Å². The minimum Gasteiger partial charge on any atom is -0.490 e. The molecular weight excluding hydrogens is 248 g/mol. The fraction of sp³-hybridized carbons (Fsp3) is 0.389. The van der Waals surface area contributed by atoms with Gasteiger partial charge in [0.1, 0.15) is 5.75 Å². The molecule has 0 radical (unpaired) electrons. The Bertz CT molecular complexity index is 610. The highest BCUT2D eigenvalue weighted by Gasteiger charge is 2.20. The maximum absolute atomic E-state index is 11.5. The summed E-state index contributed by atoms with van der Waals surface area (Å²) in [6.45, 7) is 2.29. The lowest BCUT2D eigenvalue weighted by Gasteiger charge is -2.27. The number of aldehydes is 1. The quantitative estimate of drug-likeness (QED) is 0.760. The second-order valence-electron chi connectivity index (χ2n) is 5.82. The van der Waals surface area contributed by atoms with E-state index < -0.39 is 0 Å². The maximum Gasteiger partial charge on any atom is 0.154 e. The number of hydrogen-bond donors (Lipinski definition) is 0. The van der Waals surface area contributed by atoms with Crippen LogP contribution in [0.25, 0.3) is 10.8 Å². The molecule has 20 heavy (non-hydrogen) atoms. The van der Waals surface area contributed by atoms with Gasteiger partial charge >= 0.3 is 0 Å². The summed E-state index contributed by atoms with van der Waals surface area (Å²) in [5.41, 5.74) is 0.682. The first-order valence-corrected chi connectivity index (χ1v) is 7.41. The lowest BCUT2D eigenvalue weighted by atomic mass is 9.89. The summed E-state index contributed by atoms with van der Waals surface area (Å²) in [5.74, 6) is 1.54. The van der Waals surface area contributed by atoms with Gasteiger partial charge in [-0.2, -0.15) is 0 Å². The van der Waals surface area contributed by atoms with Gasteiger partial charge in [0.2, 0.25) is 0 Å². The molecule has 1 aliphatic rings. The Morgan fingerprint density at radius 2 is 1.80 bits per heavy atom. The van der Waals surface area contributed by atoms with Gasteiger partial charge in [0.05, 0.1) is 11.7 Å². The van der Waals surface area contributed by atoms with E-state index in [9.17, 15) is 4.79 Å². The van der Waals surface area contributed by atoms with Crippen molar-refractivity contribution in [3.63, 3.8) is 0 Å². The molecule has 3 rings (SSSR count). The summed E-state index contributed by atoms with van der Waals surface area (Å²) in [4.78, 5) is 11.5. The number of ether oxygens (including phenoxy) is 1. The molecule has 0 bridgehead atoms. The minimum atomic E-state index is 0.256. The normalized spacial score (nSPS) is 22.6. The van der Waals surface area contributed by atoms with Gasteiger partial charge in [-0.15, -0.1) is 0 Å². The van der Waals surface area contributed by atoms with E-state index >= 15 is 0 Å². The van der Waals surface area contributed by atoms with Crippen molar-refractivity contribution in [1.82, 2.24) is 0 Å². The van der Waals surface area contributed by atoms with Gasteiger partial charge in [-0.1, -0.05) is 37.3 Å². The largest absolute Gasteiger partial charge is 0.490 e. The first-order chi connectivity index (χ1) is 9.78. The van der Waals surface area contributed by atoms with Gasteiger partial charge in [0.15, 0.2) is 6.29 Å². The molecule has 0 atom stereocenters. The maximum atomic E-state index is 11.5. The molecule has 0 aromatic heterocycles. The van der Waals surface area contributed by atoms with Gasteiger partial charge in [-0.25, -0.2) is 0 Å². The number of carbonyl (C=O) groups excluding carboxylic acids is 1. The first-order valence-electron chi connectivity index (χ1n) is 7.41. The standard InChI is InChI=1S/C18H20O2/c1-13-6-9-15(10-7-13)20-18-11-8-14-4-2-3-5-16(14)17(18)12-19/h2-5,8,11-13,15H,6-7,9-10H2,1H3. The highest BCUT2D eigenvalue weighted by atomic mass is 16.5. The Morgan fingerprint density at radius 3 is 2.55 bits per heavy atom. The summed E-state index contributed by atoms with van der Waals surface area (Å²) < 4.78 is 6.10. The molecular formula is C18H20O2. The second-order valence-corrected chi connectivity index (χ2v) is 5.82. The monoisotopic (exact) mass is 268 g/mol. The van der Waals surface area contributed by atoms with Crippen LogP contribution in [0.4, 0.5) is 0 Å². The average molecular weight is 268 g/mol. The van der Waals surface area contributed by atoms with Crippen LogP contribution in [0.1, 0.15) is 43.0 Å². The Kier molecular flexibility index (Phi) is 3.72. The molecule has 1 fully saturated rings. The number of hydrogen-bond acceptors (Lipinski definition) is 2. The Labute approximate surface area is 119 Å². The summed E-state index contributed by atoms with van der Waals surface area (Å²) in [6.07, 6.45) is 5.79. The number of fused-ring (bicyclic) bond motifs is 1. The molecule has 2 aromatic rings. The van der Waals surface area contributed by atoms with Crippen molar-refractivity contribution in [3.8, 4) is 5.75 Å². The van der Waals surface area contributed by atoms with Crippen molar-refractivity contribution in [1.29, 1.82) is 0 Å². The van der Waals surface area contributed by atoms with E-state index in [1.165, 1.54) is 12.8 Å². The Hall–Kier alpha value is -1.83. The predicted octanol–water partition coefficient (Wildman–Crippen LogP) is 4.61. The highest BCUT2D eigenvalue weighted by molar-refractivity contribution is 6.00. The molecule has 0 N–H and O–H groups in total. The van der Waals surface area contributed by atoms with Crippen LogP contribution < -0.4 is 4.74 Å². The lowest BCUT2D eigenvalue weighted by Crippen LogP contribution is -2.23. The van der Waals surface area contributed by atoms with Crippen molar-refractivity contribution in [3.05, 3.63) is 42.0 Å². The van der Waals surface area contributed by atoms with Gasteiger partial charge in [-0.3, -0.25) is 4.79 Å². The second kappa shape index (κ2) is 5.66. The van der Waals surface area contributed by atoms with E-state index in [0.29, 0.717) is 5.56 Å². The summed E-state index contributed by atoms with van der Waals surface area (Å²) in [6, 6.07) is 11.9. The lowest BCUT2D eigenvalue weighted by molar-refractivity contribution is 0.110. The summed E-state index contributed by atoms with van der Waals surface area (Å²) in [7, 11) is 0. The van der Waals surface area contributed by atoms with Crippen LogP contribution in [-0.4, -0.2) is 12.4 Å². The van der Waals surface area contributed by atoms with E-state index in [4.69, 9.17) is 4.74 Å². The van der Waals surface area contributed by atoms with Gasteiger partial charge in [-0.05, 0) is 48.4 Å². The Morgan fingerprint density at radius 1 is 1.05 bits per heavy atom. The van der Waals surface area contributed by atoms with Crippen molar-refractivity contribution < 1.29 is 9.53 Å². The SMILES string of the molecule is CC1CCC(Oc2ccc3ccccc3c2C=O)CC1. The van der Waals surface area contributed by atoms with E-state index in [0.717, 1.165) is 41.6 Å². The predicted molar refractivity (Wildman–Crippen MR) is 81.4 cm³/mol. The first kappa shape index (κ1) is 13.2. The van der Waals surface area contributed by atoms with E-state index in [-0.39, 0.29) is 6.10 Å². The molecule has 1 saturated carbocycles. The number of rotatable bonds is 3. The Balaban J connectivity index is 1.89. The van der Waals surface area contributed by atoms with Crippen LogP contribution in [0.5, 0.6) is 5.75 Å². The third-order valence-corrected chi connectivity index (χ3v) is 4.31. The topological polar surface area (TPSA) is 26.3 Å². The zero-order valence-electron chi connectivity index (χ0n) is 11.8. The van der Waals surface area contributed by atoms with Crippen molar-refractivity contribution in [2.45, 2.75) is 38.7 Å². The zero-order valence-corrected chi connectivity index (χ0v) is 11.8. The molecule has 2 aromatic carbocycles. The number of benzene rings is 2. The van der Waals surface area contributed by atoms with E-state index in [2.05, 4.69) is 6.92 Å². The molecule has 0 saturated heterocycles. The molecule has 0 unspecified atom stereocenters. The van der Waals surface area contributed by atoms with Gasteiger partial charge in [0, 0.05) is 0 Å². The average Bonchev–Trinajstić information content (AvgIpc) is 2.49. The third-order valence-electron chi connectivity index (χ3n) is 4.31. The summed E-state index contributed by atoms with van der Waals surface area (Å²) >= 11 is 0. The van der Waals surface area contributed by atoms with Crippen LogP contribution in [0.3, 0.4) is 0 Å². The molecule has 104 valence electrons. The fourth-order valence-electron chi connectivity index (χ4n) is 3.03. The van der Waals surface area contributed by atoms with Crippen LogP contribution in [-0.2, 0) is 0 Å². The highest BCUT2D eigenvalue weighted by Crippen LogP contribution is 2.31. The van der Waals surface area contributed by atoms with Crippen molar-refractivity contribution >= 4 is 17.1 Å². The van der Waals surface area contributed by atoms with Crippen molar-refractivity contribution in [2.24, 2.45) is 5.92 Å². The molecule has 0 aliphatic heterocycles. The molecule has 2 heteroatoms. The zero-order chi connectivity index (χ0) is 13.9. The van der Waals surface area contributed by atoms with Crippen LogP contribution in [0.2, 0.25) is 0 Å². The summed E-state index contributed by atoms with van der Waals surface area (Å²) in [5, 5.41) is 2.06. The number of carbonyl (C=O) groups is 1. The van der Waals surface area contributed by atoms with E-state index in [1.54, 1.807) is 0 Å². The fourth-order valence-corrected chi connectivity index (χ4v) is 3.03. The van der Waals surface area contributed by atoms with Gasteiger partial charge in [0.25, 0.3) is 0 Å². The minimum absolute atomic E-state index is 0.256. The molecule has 0 spiro atoms. The van der Waals surface area contributed by atoms with Crippen molar-refractivity contribution in [2.75, 3.05) is 0 Å². The molecule has 0 heterocycles. The van der Waals surface area contributed by atoms with Crippen LogP contribution in [0, 0.1) is 5.92 Å².